The van der Waals surface area contributed by atoms with E-state index in [1.807, 2.05) is 19.9 Å². The molecular weight excluding hydrogens is 286 g/mol. The minimum absolute atomic E-state index is 0.0824. The van der Waals surface area contributed by atoms with Gasteiger partial charge in [0, 0.05) is 4.88 Å². The van der Waals surface area contributed by atoms with E-state index in [0.29, 0.717) is 10.8 Å². The van der Waals surface area contributed by atoms with Gasteiger partial charge in [0.15, 0.2) is 0 Å². The predicted molar refractivity (Wildman–Crippen MR) is 83.9 cm³/mol. The number of carbonyl (C=O) groups is 2. The molecule has 1 heterocycles. The third kappa shape index (κ3) is 3.64. The molecule has 2 N–H and O–H groups in total. The SMILES string of the molecule is CCC(C)[C@H](NC(=O)c1cc2c(s1)CCC(C)C2)C(=O)O. The number of hydrogen-bond donors (Lipinski definition) is 2. The molecule has 1 aliphatic rings. The van der Waals surface area contributed by atoms with E-state index in [0.717, 1.165) is 19.3 Å². The molecule has 0 fully saturated rings. The molecule has 21 heavy (non-hydrogen) atoms. The van der Waals surface area contributed by atoms with E-state index in [1.54, 1.807) is 0 Å². The number of hydrogen-bond acceptors (Lipinski definition) is 3. The highest BCUT2D eigenvalue weighted by Gasteiger charge is 2.27. The summed E-state index contributed by atoms with van der Waals surface area (Å²) < 4.78 is 0. The fourth-order valence-corrected chi connectivity index (χ4v) is 3.82. The van der Waals surface area contributed by atoms with Crippen LogP contribution in [0.1, 0.15) is 53.7 Å². The molecule has 2 rings (SSSR count). The number of nitrogens with one attached hydrogen (secondary N) is 1. The lowest BCUT2D eigenvalue weighted by Gasteiger charge is -2.19. The normalized spacial score (nSPS) is 20.4. The Labute approximate surface area is 129 Å². The summed E-state index contributed by atoms with van der Waals surface area (Å²) in [5.74, 6) is -0.640. The van der Waals surface area contributed by atoms with E-state index in [-0.39, 0.29) is 11.8 Å². The zero-order valence-corrected chi connectivity index (χ0v) is 13.6. The fraction of sp³-hybridized carbons (Fsp3) is 0.625. The van der Waals surface area contributed by atoms with Gasteiger partial charge in [-0.3, -0.25) is 4.79 Å². The molecule has 0 saturated carbocycles. The maximum absolute atomic E-state index is 12.3. The summed E-state index contributed by atoms with van der Waals surface area (Å²) in [6.45, 7) is 6.00. The molecule has 0 aromatic carbocycles. The first-order valence-electron chi connectivity index (χ1n) is 7.57. The summed E-state index contributed by atoms with van der Waals surface area (Å²) in [5, 5.41) is 11.9. The Balaban J connectivity index is 2.11. The van der Waals surface area contributed by atoms with Crippen LogP contribution in [0.15, 0.2) is 6.07 Å². The maximum Gasteiger partial charge on any atom is 0.326 e. The number of carbonyl (C=O) groups excluding carboxylic acids is 1. The number of fused-ring (bicyclic) bond motifs is 1. The highest BCUT2D eigenvalue weighted by atomic mass is 32.1. The van der Waals surface area contributed by atoms with E-state index in [2.05, 4.69) is 12.2 Å². The van der Waals surface area contributed by atoms with E-state index < -0.39 is 12.0 Å². The summed E-state index contributed by atoms with van der Waals surface area (Å²) >= 11 is 1.51. The maximum atomic E-state index is 12.3. The molecule has 0 saturated heterocycles. The van der Waals surface area contributed by atoms with Gasteiger partial charge in [-0.1, -0.05) is 27.2 Å². The molecular formula is C16H23NO3S. The van der Waals surface area contributed by atoms with Gasteiger partial charge >= 0.3 is 5.97 Å². The molecule has 0 aliphatic heterocycles. The van der Waals surface area contributed by atoms with Crippen molar-refractivity contribution in [1.29, 1.82) is 0 Å². The van der Waals surface area contributed by atoms with Crippen LogP contribution in [0.2, 0.25) is 0 Å². The number of aliphatic carboxylic acids is 1. The Kier molecular flexibility index (Phi) is 5.04. The quantitative estimate of drug-likeness (QED) is 0.878. The first-order chi connectivity index (χ1) is 9.92. The molecule has 116 valence electrons. The second-order valence-electron chi connectivity index (χ2n) is 6.08. The minimum Gasteiger partial charge on any atom is -0.480 e. The summed E-state index contributed by atoms with van der Waals surface area (Å²) in [7, 11) is 0. The van der Waals surface area contributed by atoms with Gasteiger partial charge in [0.25, 0.3) is 5.91 Å². The summed E-state index contributed by atoms with van der Waals surface area (Å²) in [4.78, 5) is 25.5. The van der Waals surface area contributed by atoms with Crippen molar-refractivity contribution in [3.05, 3.63) is 21.4 Å². The third-order valence-electron chi connectivity index (χ3n) is 4.32. The van der Waals surface area contributed by atoms with Gasteiger partial charge in [-0.2, -0.15) is 0 Å². The van der Waals surface area contributed by atoms with Crippen LogP contribution >= 0.6 is 11.3 Å². The standard InChI is InChI=1S/C16H23NO3S/c1-4-10(3)14(16(19)20)17-15(18)13-8-11-7-9(2)5-6-12(11)21-13/h8-10,14H,4-7H2,1-3H3,(H,17,18)(H,19,20)/t9?,10?,14-/m0/s1. The molecule has 3 atom stereocenters. The second kappa shape index (κ2) is 6.60. The second-order valence-corrected chi connectivity index (χ2v) is 7.22. The van der Waals surface area contributed by atoms with Crippen LogP contribution in [-0.2, 0) is 17.6 Å². The van der Waals surface area contributed by atoms with Gasteiger partial charge in [0.2, 0.25) is 0 Å². The van der Waals surface area contributed by atoms with Gasteiger partial charge in [-0.15, -0.1) is 11.3 Å². The van der Waals surface area contributed by atoms with Crippen LogP contribution in [-0.4, -0.2) is 23.0 Å². The highest BCUT2D eigenvalue weighted by molar-refractivity contribution is 7.14. The fourth-order valence-electron chi connectivity index (χ4n) is 2.71. The minimum atomic E-state index is -0.965. The Morgan fingerprint density at radius 3 is 2.86 bits per heavy atom. The molecule has 0 radical (unpaired) electrons. The smallest absolute Gasteiger partial charge is 0.326 e. The van der Waals surface area contributed by atoms with Gasteiger partial charge in [-0.25, -0.2) is 4.79 Å². The van der Waals surface area contributed by atoms with E-state index >= 15 is 0 Å². The first kappa shape index (κ1) is 16.0. The summed E-state index contributed by atoms with van der Waals surface area (Å²) in [6, 6.07) is 1.13. The molecule has 1 aromatic heterocycles. The Bertz CT molecular complexity index is 538. The number of amides is 1. The number of carboxylic acids is 1. The Morgan fingerprint density at radius 1 is 1.52 bits per heavy atom. The van der Waals surface area contributed by atoms with E-state index in [1.165, 1.54) is 28.2 Å². The zero-order valence-electron chi connectivity index (χ0n) is 12.8. The Hall–Kier alpha value is -1.36. The molecule has 2 unspecified atom stereocenters. The molecule has 5 heteroatoms. The monoisotopic (exact) mass is 309 g/mol. The number of thiophene rings is 1. The van der Waals surface area contributed by atoms with Crippen LogP contribution in [0.4, 0.5) is 0 Å². The van der Waals surface area contributed by atoms with Gasteiger partial charge in [-0.05, 0) is 42.7 Å². The predicted octanol–water partition coefficient (Wildman–Crippen LogP) is 3.10. The average Bonchev–Trinajstić information content (AvgIpc) is 2.86. The largest absolute Gasteiger partial charge is 0.480 e. The highest BCUT2D eigenvalue weighted by Crippen LogP contribution is 2.32. The lowest BCUT2D eigenvalue weighted by atomic mass is 9.90. The van der Waals surface area contributed by atoms with Crippen molar-refractivity contribution < 1.29 is 14.7 Å². The summed E-state index contributed by atoms with van der Waals surface area (Å²) in [6.07, 6.45) is 3.93. The first-order valence-corrected chi connectivity index (χ1v) is 8.39. The van der Waals surface area contributed by atoms with E-state index in [9.17, 15) is 14.7 Å². The van der Waals surface area contributed by atoms with Crippen molar-refractivity contribution in [2.75, 3.05) is 0 Å². The summed E-state index contributed by atoms with van der Waals surface area (Å²) in [5.41, 5.74) is 1.26. The molecule has 4 nitrogen and oxygen atoms in total. The van der Waals surface area contributed by atoms with Crippen molar-refractivity contribution in [3.8, 4) is 0 Å². The number of aryl methyl sites for hydroxylation is 1. The van der Waals surface area contributed by atoms with Crippen LogP contribution < -0.4 is 5.32 Å². The van der Waals surface area contributed by atoms with Crippen molar-refractivity contribution in [2.45, 2.75) is 52.5 Å². The van der Waals surface area contributed by atoms with Gasteiger partial charge in [0.05, 0.1) is 4.88 Å². The zero-order chi connectivity index (χ0) is 15.6. The van der Waals surface area contributed by atoms with Crippen molar-refractivity contribution in [3.63, 3.8) is 0 Å². The van der Waals surface area contributed by atoms with E-state index in [4.69, 9.17) is 0 Å². The van der Waals surface area contributed by atoms with Crippen molar-refractivity contribution >= 4 is 23.2 Å². The molecule has 1 aromatic rings. The van der Waals surface area contributed by atoms with Crippen LogP contribution in [0, 0.1) is 11.8 Å². The van der Waals surface area contributed by atoms with Gasteiger partial charge < -0.3 is 10.4 Å². The van der Waals surface area contributed by atoms with Crippen LogP contribution in [0.5, 0.6) is 0 Å². The Morgan fingerprint density at radius 2 is 2.24 bits per heavy atom. The van der Waals surface area contributed by atoms with Gasteiger partial charge in [0.1, 0.15) is 6.04 Å². The van der Waals surface area contributed by atoms with Crippen LogP contribution in [0.3, 0.4) is 0 Å². The number of carboxylic acid groups (broad SMARTS) is 1. The van der Waals surface area contributed by atoms with Crippen molar-refractivity contribution in [2.24, 2.45) is 11.8 Å². The lowest BCUT2D eigenvalue weighted by molar-refractivity contribution is -0.140. The van der Waals surface area contributed by atoms with Crippen LogP contribution in [0.25, 0.3) is 0 Å². The average molecular weight is 309 g/mol. The van der Waals surface area contributed by atoms with Crippen molar-refractivity contribution in [1.82, 2.24) is 5.32 Å². The molecule has 0 bridgehead atoms. The number of rotatable bonds is 5. The topological polar surface area (TPSA) is 66.4 Å². The molecule has 0 spiro atoms. The molecule has 1 amide bonds. The third-order valence-corrected chi connectivity index (χ3v) is 5.55. The lowest BCUT2D eigenvalue weighted by Crippen LogP contribution is -2.44. The molecule has 1 aliphatic carbocycles.